The number of nitrogens with zero attached hydrogens (tertiary/aromatic N) is 1. The van der Waals surface area contributed by atoms with Gasteiger partial charge in [0.1, 0.15) is 6.54 Å². The molecule has 6 nitrogen and oxygen atoms in total. The smallest absolute Gasteiger partial charge is 0.245 e. The molecule has 0 bridgehead atoms. The molecule has 0 spiro atoms. The van der Waals surface area contributed by atoms with Crippen LogP contribution in [0.15, 0.2) is 24.3 Å². The van der Waals surface area contributed by atoms with Crippen molar-refractivity contribution >= 4 is 27.3 Å². The summed E-state index contributed by atoms with van der Waals surface area (Å²) in [6.45, 7) is -0.165. The number of rotatable bonds is 3. The summed E-state index contributed by atoms with van der Waals surface area (Å²) in [5, 5.41) is 2.63. The van der Waals surface area contributed by atoms with Gasteiger partial charge in [-0.25, -0.2) is 8.42 Å². The third kappa shape index (κ3) is 2.25. The van der Waals surface area contributed by atoms with Crippen LogP contribution in [0.2, 0.25) is 0 Å². The van der Waals surface area contributed by atoms with Gasteiger partial charge >= 0.3 is 0 Å². The lowest BCUT2D eigenvalue weighted by atomic mass is 10.2. The molecule has 0 saturated heterocycles. The second-order valence-electron chi connectivity index (χ2n) is 3.68. The van der Waals surface area contributed by atoms with Crippen LogP contribution in [0.5, 0.6) is 0 Å². The minimum atomic E-state index is -3.53. The summed E-state index contributed by atoms with van der Waals surface area (Å²) in [5.74, 6) is -0.515. The molecule has 0 saturated carbocycles. The first-order valence-electron chi connectivity index (χ1n) is 5.14. The van der Waals surface area contributed by atoms with Crippen LogP contribution >= 0.6 is 0 Å². The molecular weight excluding hydrogens is 242 g/mol. The fraction of sp³-hybridized carbons (Fsp3) is 0.300. The third-order valence-electron chi connectivity index (χ3n) is 2.45. The van der Waals surface area contributed by atoms with Gasteiger partial charge in [-0.15, -0.1) is 0 Å². The average molecular weight is 255 g/mol. The zero-order valence-corrected chi connectivity index (χ0v) is 9.90. The molecule has 0 aromatic heterocycles. The Morgan fingerprint density at radius 2 is 2.06 bits per heavy atom. The van der Waals surface area contributed by atoms with Gasteiger partial charge in [0.05, 0.1) is 17.1 Å². The summed E-state index contributed by atoms with van der Waals surface area (Å²) in [5.41, 5.74) is 6.26. The van der Waals surface area contributed by atoms with Crippen molar-refractivity contribution in [3.63, 3.8) is 0 Å². The molecule has 1 aromatic carbocycles. The lowest BCUT2D eigenvalue weighted by Crippen LogP contribution is -2.44. The quantitative estimate of drug-likeness (QED) is 0.778. The number of carbonyl (C=O) groups is 1. The number of hydrogen-bond donors (Lipinski definition) is 2. The Balaban J connectivity index is 2.46. The van der Waals surface area contributed by atoms with E-state index in [-0.39, 0.29) is 24.7 Å². The van der Waals surface area contributed by atoms with E-state index in [1.165, 1.54) is 0 Å². The molecule has 92 valence electrons. The van der Waals surface area contributed by atoms with Crippen LogP contribution in [0, 0.1) is 0 Å². The number of para-hydroxylation sites is 2. The highest BCUT2D eigenvalue weighted by molar-refractivity contribution is 7.92. The SMILES string of the molecule is NCCS(=O)(=O)N1CC(=O)Nc2ccccc21. The summed E-state index contributed by atoms with van der Waals surface area (Å²) in [6.07, 6.45) is 0. The van der Waals surface area contributed by atoms with Crippen LogP contribution < -0.4 is 15.4 Å². The molecule has 0 atom stereocenters. The standard InChI is InChI=1S/C10H13N3O3S/c11-5-6-17(15,16)13-7-10(14)12-8-3-1-2-4-9(8)13/h1-4H,5-7,11H2,(H,12,14). The minimum Gasteiger partial charge on any atom is -0.329 e. The van der Waals surface area contributed by atoms with E-state index in [9.17, 15) is 13.2 Å². The Bertz CT molecular complexity index is 541. The molecule has 0 aliphatic carbocycles. The molecule has 2 rings (SSSR count). The molecule has 7 heteroatoms. The lowest BCUT2D eigenvalue weighted by molar-refractivity contribution is -0.115. The number of sulfonamides is 1. The van der Waals surface area contributed by atoms with E-state index >= 15 is 0 Å². The maximum Gasteiger partial charge on any atom is 0.245 e. The fourth-order valence-corrected chi connectivity index (χ4v) is 3.00. The van der Waals surface area contributed by atoms with Gasteiger partial charge in [0, 0.05) is 6.54 Å². The Morgan fingerprint density at radius 3 is 2.76 bits per heavy atom. The molecule has 1 amide bonds. The maximum absolute atomic E-state index is 12.0. The van der Waals surface area contributed by atoms with Gasteiger partial charge < -0.3 is 11.1 Å². The summed E-state index contributed by atoms with van der Waals surface area (Å²) < 4.78 is 25.0. The highest BCUT2D eigenvalue weighted by Crippen LogP contribution is 2.30. The molecule has 1 aromatic rings. The number of hydrogen-bond acceptors (Lipinski definition) is 4. The van der Waals surface area contributed by atoms with Crippen LogP contribution in [0.4, 0.5) is 11.4 Å². The van der Waals surface area contributed by atoms with Gasteiger partial charge in [-0.1, -0.05) is 12.1 Å². The zero-order valence-electron chi connectivity index (χ0n) is 9.09. The Kier molecular flexibility index (Phi) is 3.03. The molecule has 0 unspecified atom stereocenters. The summed E-state index contributed by atoms with van der Waals surface area (Å²) in [4.78, 5) is 11.4. The van der Waals surface area contributed by atoms with Crippen LogP contribution in [-0.2, 0) is 14.8 Å². The van der Waals surface area contributed by atoms with Crippen molar-refractivity contribution in [1.29, 1.82) is 0 Å². The fourth-order valence-electron chi connectivity index (χ4n) is 1.71. The average Bonchev–Trinajstić information content (AvgIpc) is 2.27. The topological polar surface area (TPSA) is 92.5 Å². The number of nitrogens with two attached hydrogens (primary N) is 1. The van der Waals surface area contributed by atoms with E-state index < -0.39 is 10.0 Å². The van der Waals surface area contributed by atoms with Crippen molar-refractivity contribution in [2.45, 2.75) is 0 Å². The van der Waals surface area contributed by atoms with E-state index in [2.05, 4.69) is 5.32 Å². The van der Waals surface area contributed by atoms with Crippen LogP contribution in [0.1, 0.15) is 0 Å². The first-order valence-corrected chi connectivity index (χ1v) is 6.75. The monoisotopic (exact) mass is 255 g/mol. The van der Waals surface area contributed by atoms with Gasteiger partial charge in [0.2, 0.25) is 15.9 Å². The molecule has 1 aliphatic heterocycles. The number of carbonyl (C=O) groups excluding carboxylic acids is 1. The van der Waals surface area contributed by atoms with Crippen molar-refractivity contribution in [1.82, 2.24) is 0 Å². The van der Waals surface area contributed by atoms with Crippen molar-refractivity contribution in [2.24, 2.45) is 5.73 Å². The number of nitrogens with one attached hydrogen (secondary N) is 1. The second-order valence-corrected chi connectivity index (χ2v) is 5.69. The molecular formula is C10H13N3O3S. The van der Waals surface area contributed by atoms with Crippen molar-refractivity contribution < 1.29 is 13.2 Å². The predicted molar refractivity (Wildman–Crippen MR) is 65.3 cm³/mol. The van der Waals surface area contributed by atoms with Crippen LogP contribution in [-0.4, -0.2) is 33.2 Å². The predicted octanol–water partition coefficient (Wildman–Crippen LogP) is -0.266. The summed E-state index contributed by atoms with van der Waals surface area (Å²) in [6, 6.07) is 6.78. The molecule has 0 fully saturated rings. The first kappa shape index (κ1) is 11.9. The highest BCUT2D eigenvalue weighted by atomic mass is 32.2. The Hall–Kier alpha value is -1.60. The van der Waals surface area contributed by atoms with Crippen molar-refractivity contribution in [3.05, 3.63) is 24.3 Å². The number of benzene rings is 1. The lowest BCUT2D eigenvalue weighted by Gasteiger charge is -2.29. The third-order valence-corrected chi connectivity index (χ3v) is 4.19. The van der Waals surface area contributed by atoms with E-state index in [1.54, 1.807) is 24.3 Å². The van der Waals surface area contributed by atoms with Gasteiger partial charge in [0.15, 0.2) is 0 Å². The molecule has 0 radical (unpaired) electrons. The minimum absolute atomic E-state index is 0.0304. The Morgan fingerprint density at radius 1 is 1.35 bits per heavy atom. The Labute approximate surface area is 99.5 Å². The van der Waals surface area contributed by atoms with E-state index in [0.29, 0.717) is 11.4 Å². The largest absolute Gasteiger partial charge is 0.329 e. The van der Waals surface area contributed by atoms with Gasteiger partial charge in [-0.05, 0) is 12.1 Å². The van der Waals surface area contributed by atoms with Crippen LogP contribution in [0.3, 0.4) is 0 Å². The van der Waals surface area contributed by atoms with Crippen molar-refractivity contribution in [2.75, 3.05) is 28.5 Å². The summed E-state index contributed by atoms with van der Waals surface area (Å²) in [7, 11) is -3.53. The molecule has 17 heavy (non-hydrogen) atoms. The first-order chi connectivity index (χ1) is 8.04. The van der Waals surface area contributed by atoms with Crippen LogP contribution in [0.25, 0.3) is 0 Å². The van der Waals surface area contributed by atoms with E-state index in [1.807, 2.05) is 0 Å². The number of anilines is 2. The van der Waals surface area contributed by atoms with Gasteiger partial charge in [-0.2, -0.15) is 0 Å². The van der Waals surface area contributed by atoms with E-state index in [0.717, 1.165) is 4.31 Å². The maximum atomic E-state index is 12.0. The number of fused-ring (bicyclic) bond motifs is 1. The van der Waals surface area contributed by atoms with E-state index in [4.69, 9.17) is 5.73 Å². The molecule has 3 N–H and O–H groups in total. The van der Waals surface area contributed by atoms with Gasteiger partial charge in [0.25, 0.3) is 0 Å². The second kappa shape index (κ2) is 4.34. The van der Waals surface area contributed by atoms with Gasteiger partial charge in [-0.3, -0.25) is 9.10 Å². The molecule has 1 heterocycles. The molecule has 1 aliphatic rings. The summed E-state index contributed by atoms with van der Waals surface area (Å²) >= 11 is 0. The number of amides is 1. The zero-order chi connectivity index (χ0) is 12.5. The highest BCUT2D eigenvalue weighted by Gasteiger charge is 2.30. The van der Waals surface area contributed by atoms with Crippen molar-refractivity contribution in [3.8, 4) is 0 Å². The normalized spacial score (nSPS) is 15.4.